The molecule has 6 heteroatoms. The Bertz CT molecular complexity index is 850. The Labute approximate surface area is 165 Å². The Morgan fingerprint density at radius 1 is 1.04 bits per heavy atom. The molecule has 0 bridgehead atoms. The topological polar surface area (TPSA) is 65.5 Å². The number of pyridine rings is 1. The lowest BCUT2D eigenvalue weighted by atomic mass is 10.00. The molecule has 146 valence electrons. The fraction of sp³-hybridized carbons (Fsp3) is 0.409. The standard InChI is InChI=1S/C22H26N4O2/c27-21(16-26-11-4-3-7-22(26)28)24-14-17-8-9-20(23-13-17)25-12-10-18-5-1-2-6-19(18)15-25/h1-2,5-6,8-9,13H,3-4,7,10-12,14-16H2,(H,24,27). The van der Waals surface area contributed by atoms with Gasteiger partial charge in [0.05, 0.1) is 6.54 Å². The zero-order chi connectivity index (χ0) is 19.3. The summed E-state index contributed by atoms with van der Waals surface area (Å²) in [6, 6.07) is 12.6. The molecule has 1 N–H and O–H groups in total. The van der Waals surface area contributed by atoms with Crippen LogP contribution in [-0.4, -0.2) is 41.3 Å². The maximum atomic E-state index is 12.1. The van der Waals surface area contributed by atoms with E-state index in [9.17, 15) is 9.59 Å². The Balaban J connectivity index is 1.29. The van der Waals surface area contributed by atoms with Crippen molar-refractivity contribution in [1.29, 1.82) is 0 Å². The van der Waals surface area contributed by atoms with Gasteiger partial charge in [-0.2, -0.15) is 0 Å². The first-order valence-corrected chi connectivity index (χ1v) is 10.0. The number of benzene rings is 1. The van der Waals surface area contributed by atoms with Crippen molar-refractivity contribution in [1.82, 2.24) is 15.2 Å². The minimum atomic E-state index is -0.119. The Hall–Kier alpha value is -2.89. The van der Waals surface area contributed by atoms with E-state index in [1.165, 1.54) is 11.1 Å². The minimum absolute atomic E-state index is 0.0792. The van der Waals surface area contributed by atoms with E-state index in [2.05, 4.69) is 39.5 Å². The van der Waals surface area contributed by atoms with Gasteiger partial charge in [0.1, 0.15) is 5.82 Å². The molecular weight excluding hydrogens is 352 g/mol. The fourth-order valence-electron chi connectivity index (χ4n) is 3.86. The van der Waals surface area contributed by atoms with Gasteiger partial charge in [-0.3, -0.25) is 9.59 Å². The number of anilines is 1. The minimum Gasteiger partial charge on any atom is -0.352 e. The first kappa shape index (κ1) is 18.5. The molecule has 2 amide bonds. The zero-order valence-corrected chi connectivity index (χ0v) is 16.1. The second kappa shape index (κ2) is 8.42. The third kappa shape index (κ3) is 4.32. The molecular formula is C22H26N4O2. The number of rotatable bonds is 5. The van der Waals surface area contributed by atoms with Crippen molar-refractivity contribution in [3.05, 3.63) is 59.3 Å². The number of carbonyl (C=O) groups excluding carboxylic acids is 2. The van der Waals surface area contributed by atoms with Crippen molar-refractivity contribution < 1.29 is 9.59 Å². The van der Waals surface area contributed by atoms with E-state index in [-0.39, 0.29) is 18.4 Å². The molecule has 2 aliphatic heterocycles. The smallest absolute Gasteiger partial charge is 0.239 e. The summed E-state index contributed by atoms with van der Waals surface area (Å²) < 4.78 is 0. The molecule has 3 heterocycles. The zero-order valence-electron chi connectivity index (χ0n) is 16.1. The molecule has 2 aromatic rings. The number of fused-ring (bicyclic) bond motifs is 1. The third-order valence-electron chi connectivity index (χ3n) is 5.51. The van der Waals surface area contributed by atoms with Gasteiger partial charge >= 0.3 is 0 Å². The molecule has 0 aliphatic carbocycles. The molecule has 1 saturated heterocycles. The van der Waals surface area contributed by atoms with Crippen LogP contribution in [0.5, 0.6) is 0 Å². The Morgan fingerprint density at radius 2 is 1.89 bits per heavy atom. The molecule has 0 atom stereocenters. The van der Waals surface area contributed by atoms with Crippen molar-refractivity contribution in [2.45, 2.75) is 38.8 Å². The Morgan fingerprint density at radius 3 is 2.68 bits per heavy atom. The van der Waals surface area contributed by atoms with Crippen molar-refractivity contribution in [2.75, 3.05) is 24.5 Å². The average Bonchev–Trinajstić information content (AvgIpc) is 2.74. The predicted octanol–water partition coefficient (Wildman–Crippen LogP) is 2.27. The van der Waals surface area contributed by atoms with E-state index in [1.807, 2.05) is 18.3 Å². The lowest BCUT2D eigenvalue weighted by Crippen LogP contribution is -2.42. The summed E-state index contributed by atoms with van der Waals surface area (Å²) in [5, 5.41) is 2.89. The molecule has 0 unspecified atom stereocenters. The van der Waals surface area contributed by atoms with Gasteiger partial charge in [-0.1, -0.05) is 30.3 Å². The van der Waals surface area contributed by atoms with Gasteiger partial charge in [-0.15, -0.1) is 0 Å². The predicted molar refractivity (Wildman–Crippen MR) is 108 cm³/mol. The van der Waals surface area contributed by atoms with Gasteiger partial charge in [0.2, 0.25) is 11.8 Å². The number of likely N-dealkylation sites (tertiary alicyclic amines) is 1. The summed E-state index contributed by atoms with van der Waals surface area (Å²) in [6.07, 6.45) is 5.32. The largest absolute Gasteiger partial charge is 0.352 e. The number of hydrogen-bond acceptors (Lipinski definition) is 4. The second-order valence-corrected chi connectivity index (χ2v) is 7.51. The lowest BCUT2D eigenvalue weighted by molar-refractivity contribution is -0.137. The third-order valence-corrected chi connectivity index (χ3v) is 5.51. The van der Waals surface area contributed by atoms with Crippen LogP contribution in [0.3, 0.4) is 0 Å². The number of piperidine rings is 1. The molecule has 0 radical (unpaired) electrons. The van der Waals surface area contributed by atoms with Crippen LogP contribution in [-0.2, 0) is 29.1 Å². The highest BCUT2D eigenvalue weighted by atomic mass is 16.2. The van der Waals surface area contributed by atoms with Crippen LogP contribution in [0, 0.1) is 0 Å². The molecule has 1 aromatic heterocycles. The van der Waals surface area contributed by atoms with E-state index in [0.29, 0.717) is 19.5 Å². The molecule has 1 fully saturated rings. The van der Waals surface area contributed by atoms with Crippen LogP contribution in [0.1, 0.15) is 36.0 Å². The highest BCUT2D eigenvalue weighted by Gasteiger charge is 2.20. The van der Waals surface area contributed by atoms with Gasteiger partial charge < -0.3 is 15.1 Å². The number of aromatic nitrogens is 1. The number of nitrogens with one attached hydrogen (secondary N) is 1. The van der Waals surface area contributed by atoms with Crippen LogP contribution >= 0.6 is 0 Å². The normalized spacial score (nSPS) is 16.6. The maximum absolute atomic E-state index is 12.1. The fourth-order valence-corrected chi connectivity index (χ4v) is 3.86. The van der Waals surface area contributed by atoms with Gasteiger partial charge in [0, 0.05) is 38.8 Å². The molecule has 0 saturated carbocycles. The van der Waals surface area contributed by atoms with E-state index < -0.39 is 0 Å². The lowest BCUT2D eigenvalue weighted by Gasteiger charge is -2.29. The van der Waals surface area contributed by atoms with Crippen LogP contribution in [0.4, 0.5) is 5.82 Å². The van der Waals surface area contributed by atoms with Crippen LogP contribution in [0.25, 0.3) is 0 Å². The SMILES string of the molecule is O=C(CN1CCCCC1=O)NCc1ccc(N2CCc3ccccc3C2)nc1. The highest BCUT2D eigenvalue weighted by Crippen LogP contribution is 2.23. The summed E-state index contributed by atoms with van der Waals surface area (Å²) in [4.78, 5) is 32.5. The summed E-state index contributed by atoms with van der Waals surface area (Å²) in [7, 11) is 0. The summed E-state index contributed by atoms with van der Waals surface area (Å²) >= 11 is 0. The van der Waals surface area contributed by atoms with Gasteiger partial charge in [-0.25, -0.2) is 4.98 Å². The van der Waals surface area contributed by atoms with Crippen molar-refractivity contribution in [3.63, 3.8) is 0 Å². The molecule has 4 rings (SSSR count). The number of hydrogen-bond donors (Lipinski definition) is 1. The van der Waals surface area contributed by atoms with E-state index in [4.69, 9.17) is 0 Å². The van der Waals surface area contributed by atoms with Gasteiger partial charge in [0.25, 0.3) is 0 Å². The first-order valence-electron chi connectivity index (χ1n) is 10.0. The maximum Gasteiger partial charge on any atom is 0.239 e. The van der Waals surface area contributed by atoms with Gasteiger partial charge in [-0.05, 0) is 42.0 Å². The molecule has 1 aromatic carbocycles. The van der Waals surface area contributed by atoms with Crippen LogP contribution in [0.2, 0.25) is 0 Å². The molecule has 2 aliphatic rings. The molecule has 28 heavy (non-hydrogen) atoms. The summed E-state index contributed by atoms with van der Waals surface area (Å²) in [6.45, 7) is 3.10. The second-order valence-electron chi connectivity index (χ2n) is 7.51. The van der Waals surface area contributed by atoms with Crippen LogP contribution in [0.15, 0.2) is 42.6 Å². The summed E-state index contributed by atoms with van der Waals surface area (Å²) in [5.41, 5.74) is 3.74. The van der Waals surface area contributed by atoms with Crippen LogP contribution < -0.4 is 10.2 Å². The Kier molecular flexibility index (Phi) is 5.55. The van der Waals surface area contributed by atoms with Crippen molar-refractivity contribution >= 4 is 17.6 Å². The average molecular weight is 378 g/mol. The molecule has 6 nitrogen and oxygen atoms in total. The summed E-state index contributed by atoms with van der Waals surface area (Å²) in [5.74, 6) is 0.922. The van der Waals surface area contributed by atoms with E-state index >= 15 is 0 Å². The van der Waals surface area contributed by atoms with Crippen molar-refractivity contribution in [3.8, 4) is 0 Å². The van der Waals surface area contributed by atoms with Gasteiger partial charge in [0.15, 0.2) is 0 Å². The quantitative estimate of drug-likeness (QED) is 0.867. The van der Waals surface area contributed by atoms with Crippen molar-refractivity contribution in [2.24, 2.45) is 0 Å². The van der Waals surface area contributed by atoms with E-state index in [0.717, 1.165) is 43.7 Å². The van der Waals surface area contributed by atoms with E-state index in [1.54, 1.807) is 4.90 Å². The highest BCUT2D eigenvalue weighted by molar-refractivity contribution is 5.85. The number of amides is 2. The first-order chi connectivity index (χ1) is 13.7. The number of nitrogens with zero attached hydrogens (tertiary/aromatic N) is 3. The molecule has 0 spiro atoms. The monoisotopic (exact) mass is 378 g/mol. The number of carbonyl (C=O) groups is 2.